The van der Waals surface area contributed by atoms with Crippen molar-refractivity contribution in [3.63, 3.8) is 0 Å². The average Bonchev–Trinajstić information content (AvgIpc) is 2.42. The Morgan fingerprint density at radius 3 is 2.53 bits per heavy atom. The van der Waals surface area contributed by atoms with Gasteiger partial charge >= 0.3 is 0 Å². The van der Waals surface area contributed by atoms with Crippen LogP contribution >= 0.6 is 15.9 Å². The maximum Gasteiger partial charge on any atom is 0.146 e. The second-order valence-electron chi connectivity index (χ2n) is 4.04. The normalized spacial score (nSPS) is 9.95. The molecule has 19 heavy (non-hydrogen) atoms. The van der Waals surface area contributed by atoms with Crippen LogP contribution in [0, 0.1) is 11.3 Å². The number of nitrogens with two attached hydrogens (primary N) is 1. The van der Waals surface area contributed by atoms with E-state index in [1.807, 2.05) is 30.3 Å². The number of halogens is 1. The molecule has 0 fully saturated rings. The summed E-state index contributed by atoms with van der Waals surface area (Å²) in [5, 5.41) is 9.04. The maximum absolute atomic E-state index is 9.04. The zero-order chi connectivity index (χ0) is 13.7. The molecule has 0 bridgehead atoms. The monoisotopic (exact) mass is 316 g/mol. The van der Waals surface area contributed by atoms with E-state index in [0.29, 0.717) is 23.6 Å². The third kappa shape index (κ3) is 3.57. The summed E-state index contributed by atoms with van der Waals surface area (Å²) in [6, 6.07) is 15.2. The van der Waals surface area contributed by atoms with Crippen molar-refractivity contribution in [3.05, 3.63) is 58.1 Å². The highest BCUT2D eigenvalue weighted by Crippen LogP contribution is 2.28. The Labute approximate surface area is 120 Å². The summed E-state index contributed by atoms with van der Waals surface area (Å²) >= 11 is 3.37. The molecule has 2 N–H and O–H groups in total. The fourth-order valence-corrected chi connectivity index (χ4v) is 2.03. The number of rotatable bonds is 4. The van der Waals surface area contributed by atoms with Gasteiger partial charge in [0.1, 0.15) is 17.6 Å². The van der Waals surface area contributed by atoms with Gasteiger partial charge in [-0.25, -0.2) is 0 Å². The first-order valence-electron chi connectivity index (χ1n) is 5.89. The third-order valence-corrected chi connectivity index (χ3v) is 3.14. The second-order valence-corrected chi connectivity index (χ2v) is 4.95. The first-order valence-corrected chi connectivity index (χ1v) is 6.69. The van der Waals surface area contributed by atoms with Crippen LogP contribution in [0.4, 0.5) is 0 Å². The van der Waals surface area contributed by atoms with E-state index in [4.69, 9.17) is 15.7 Å². The summed E-state index contributed by atoms with van der Waals surface area (Å²) in [5.74, 6) is 1.25. The Bertz CT molecular complexity index is 603. The molecule has 2 rings (SSSR count). The van der Waals surface area contributed by atoms with E-state index in [0.717, 1.165) is 10.9 Å². The van der Waals surface area contributed by atoms with Crippen LogP contribution in [0.3, 0.4) is 0 Å². The largest absolute Gasteiger partial charge is 0.456 e. The van der Waals surface area contributed by atoms with E-state index in [-0.39, 0.29) is 0 Å². The number of hydrogen-bond donors (Lipinski definition) is 1. The predicted molar refractivity (Wildman–Crippen MR) is 78.1 cm³/mol. The Balaban J connectivity index is 2.21. The molecule has 0 amide bonds. The van der Waals surface area contributed by atoms with Gasteiger partial charge in [-0.1, -0.05) is 28.1 Å². The van der Waals surface area contributed by atoms with Crippen LogP contribution in [0.2, 0.25) is 0 Å². The van der Waals surface area contributed by atoms with Crippen LogP contribution in [0.1, 0.15) is 11.1 Å². The van der Waals surface area contributed by atoms with Gasteiger partial charge in [-0.2, -0.15) is 5.26 Å². The molecule has 0 heterocycles. The Kier molecular flexibility index (Phi) is 4.56. The number of nitrogens with zero attached hydrogens (tertiary/aromatic N) is 1. The zero-order valence-electron chi connectivity index (χ0n) is 10.3. The minimum atomic E-state index is 0.509. The molecule has 0 unspecified atom stereocenters. The van der Waals surface area contributed by atoms with E-state index in [1.54, 1.807) is 12.1 Å². The Morgan fingerprint density at radius 1 is 1.16 bits per heavy atom. The topological polar surface area (TPSA) is 59.0 Å². The van der Waals surface area contributed by atoms with E-state index in [9.17, 15) is 0 Å². The molecule has 0 radical (unpaired) electrons. The minimum Gasteiger partial charge on any atom is -0.456 e. The molecule has 0 aliphatic heterocycles. The molecule has 2 aromatic carbocycles. The van der Waals surface area contributed by atoms with Crippen molar-refractivity contribution in [2.45, 2.75) is 6.42 Å². The first-order chi connectivity index (χ1) is 9.22. The lowest BCUT2D eigenvalue weighted by Crippen LogP contribution is -2.02. The number of hydrogen-bond acceptors (Lipinski definition) is 3. The van der Waals surface area contributed by atoms with Crippen molar-refractivity contribution in [2.24, 2.45) is 5.73 Å². The highest BCUT2D eigenvalue weighted by molar-refractivity contribution is 9.10. The summed E-state index contributed by atoms with van der Waals surface area (Å²) < 4.78 is 6.61. The Hall–Kier alpha value is -1.83. The molecule has 0 aromatic heterocycles. The average molecular weight is 317 g/mol. The van der Waals surface area contributed by atoms with Crippen molar-refractivity contribution in [3.8, 4) is 17.6 Å². The van der Waals surface area contributed by atoms with Gasteiger partial charge < -0.3 is 10.5 Å². The molecule has 0 saturated heterocycles. The van der Waals surface area contributed by atoms with Gasteiger partial charge in [0.25, 0.3) is 0 Å². The molecule has 0 aliphatic rings. The van der Waals surface area contributed by atoms with Crippen molar-refractivity contribution >= 4 is 15.9 Å². The van der Waals surface area contributed by atoms with E-state index in [2.05, 4.69) is 22.0 Å². The minimum absolute atomic E-state index is 0.509. The molecule has 3 nitrogen and oxygen atoms in total. The molecule has 4 heteroatoms. The fraction of sp³-hybridized carbons (Fsp3) is 0.133. The number of benzene rings is 2. The molecule has 0 spiro atoms. The molecule has 0 aliphatic carbocycles. The van der Waals surface area contributed by atoms with Gasteiger partial charge in [-0.05, 0) is 48.9 Å². The SMILES string of the molecule is N#Cc1ccc(Br)cc1Oc1ccc(CCN)cc1. The van der Waals surface area contributed by atoms with Gasteiger partial charge in [0.15, 0.2) is 0 Å². The van der Waals surface area contributed by atoms with Gasteiger partial charge in [-0.3, -0.25) is 0 Å². The smallest absolute Gasteiger partial charge is 0.146 e. The third-order valence-electron chi connectivity index (χ3n) is 2.65. The van der Waals surface area contributed by atoms with Crippen LogP contribution < -0.4 is 10.5 Å². The highest BCUT2D eigenvalue weighted by atomic mass is 79.9. The molecule has 2 aromatic rings. The van der Waals surface area contributed by atoms with E-state index >= 15 is 0 Å². The van der Waals surface area contributed by atoms with Gasteiger partial charge in [0.05, 0.1) is 5.56 Å². The van der Waals surface area contributed by atoms with Crippen molar-refractivity contribution in [2.75, 3.05) is 6.54 Å². The summed E-state index contributed by atoms with van der Waals surface area (Å²) in [6.07, 6.45) is 0.848. The summed E-state index contributed by atoms with van der Waals surface area (Å²) in [6.45, 7) is 0.629. The number of nitriles is 1. The molecular formula is C15H13BrN2O. The highest BCUT2D eigenvalue weighted by Gasteiger charge is 2.05. The van der Waals surface area contributed by atoms with Crippen LogP contribution in [0.25, 0.3) is 0 Å². The second kappa shape index (κ2) is 6.37. The standard InChI is InChI=1S/C15H13BrN2O/c16-13-4-3-12(10-18)15(9-13)19-14-5-1-11(2-6-14)7-8-17/h1-6,9H,7-8,17H2. The summed E-state index contributed by atoms with van der Waals surface area (Å²) in [5.41, 5.74) is 7.18. The van der Waals surface area contributed by atoms with Crippen LogP contribution in [0.15, 0.2) is 46.9 Å². The van der Waals surface area contributed by atoms with Crippen molar-refractivity contribution < 1.29 is 4.74 Å². The Morgan fingerprint density at radius 2 is 1.89 bits per heavy atom. The van der Waals surface area contributed by atoms with E-state index in [1.165, 1.54) is 5.56 Å². The lowest BCUT2D eigenvalue weighted by molar-refractivity contribution is 0.480. The molecular weight excluding hydrogens is 304 g/mol. The molecule has 96 valence electrons. The summed E-state index contributed by atoms with van der Waals surface area (Å²) in [7, 11) is 0. The quantitative estimate of drug-likeness (QED) is 0.937. The lowest BCUT2D eigenvalue weighted by atomic mass is 10.1. The lowest BCUT2D eigenvalue weighted by Gasteiger charge is -2.08. The van der Waals surface area contributed by atoms with Crippen molar-refractivity contribution in [1.29, 1.82) is 5.26 Å². The fourth-order valence-electron chi connectivity index (χ4n) is 1.69. The number of ether oxygens (including phenoxy) is 1. The summed E-state index contributed by atoms with van der Waals surface area (Å²) in [4.78, 5) is 0. The molecule has 0 atom stereocenters. The van der Waals surface area contributed by atoms with Crippen LogP contribution in [-0.2, 0) is 6.42 Å². The molecule has 0 saturated carbocycles. The predicted octanol–water partition coefficient (Wildman–Crippen LogP) is 3.61. The van der Waals surface area contributed by atoms with Crippen molar-refractivity contribution in [1.82, 2.24) is 0 Å². The van der Waals surface area contributed by atoms with Gasteiger partial charge in [-0.15, -0.1) is 0 Å². The maximum atomic E-state index is 9.04. The van der Waals surface area contributed by atoms with Gasteiger partial charge in [0, 0.05) is 4.47 Å². The van der Waals surface area contributed by atoms with Gasteiger partial charge in [0.2, 0.25) is 0 Å². The van der Waals surface area contributed by atoms with Crippen LogP contribution in [0.5, 0.6) is 11.5 Å². The zero-order valence-corrected chi connectivity index (χ0v) is 11.9. The first kappa shape index (κ1) is 13.6. The van der Waals surface area contributed by atoms with E-state index < -0.39 is 0 Å². The van der Waals surface area contributed by atoms with Crippen LogP contribution in [-0.4, -0.2) is 6.54 Å².